The van der Waals surface area contributed by atoms with Gasteiger partial charge in [-0.1, -0.05) is 120 Å². The number of aliphatic imine (C=N–C) groups is 2. The number of phenols is 2. The number of aliphatic hydroxyl groups excluding tert-OH is 4. The van der Waals surface area contributed by atoms with Crippen LogP contribution in [0.1, 0.15) is 214 Å². The van der Waals surface area contributed by atoms with E-state index in [0.29, 0.717) is 37.5 Å². The van der Waals surface area contributed by atoms with E-state index in [1.54, 1.807) is 118 Å². The van der Waals surface area contributed by atoms with Gasteiger partial charge in [0, 0.05) is 188 Å². The van der Waals surface area contributed by atoms with E-state index in [0.717, 1.165) is 39.3 Å². The molecular formula is C92H124N8O22. The number of carbonyl (C=O) groups is 8. The minimum atomic E-state index is -1.97. The molecule has 0 unspecified atom stereocenters. The molecule has 2 spiro atoms. The van der Waals surface area contributed by atoms with Gasteiger partial charge in [-0.25, -0.2) is 0 Å². The summed E-state index contributed by atoms with van der Waals surface area (Å²) in [6, 6.07) is 0. The molecule has 122 heavy (non-hydrogen) atoms. The third kappa shape index (κ3) is 18.0. The van der Waals surface area contributed by atoms with Gasteiger partial charge in [0.25, 0.3) is 23.4 Å². The van der Waals surface area contributed by atoms with Crippen LogP contribution < -0.4 is 30.7 Å². The maximum Gasteiger partial charge on any atom is 0.312 e. The predicted molar refractivity (Wildman–Crippen MR) is 454 cm³/mol. The Morgan fingerprint density at radius 3 is 1.14 bits per heavy atom. The normalized spacial score (nSPS) is 33.8. The van der Waals surface area contributed by atoms with Crippen molar-refractivity contribution in [2.45, 2.75) is 236 Å². The van der Waals surface area contributed by atoms with Crippen molar-refractivity contribution < 1.29 is 107 Å². The standard InChI is InChI=1S/2C46H62N4O11/c2*1-22(2)21-50-18-16-46(17-19-50)48-34-31-32-39(54)28(8)42-33(31)43(56)45(10,61-42)59-20-15-30(58-11)25(5)41(60-29(9)51)27(7)38(53)26(6)37(52)23(3)13-12-14-24(4)44(57)47-36(40(32)55)35(34)49-46/h2*12-15,20,22-23,25-27,30,37-38,41,49,52-54H,16-19,21H2,1-11H3,(H,47,57)/b2*13-12-,20-15-,24-14-/t2*23-,25-,26+,27+,30-,37-,38+,41-,45+/m11/s1. The lowest BCUT2D eigenvalue weighted by Crippen LogP contribution is -2.50. The monoisotopic (exact) mass is 1690 g/mol. The van der Waals surface area contributed by atoms with Crippen molar-refractivity contribution in [1.29, 1.82) is 0 Å². The maximum absolute atomic E-state index is 14.7. The van der Waals surface area contributed by atoms with E-state index in [2.05, 4.69) is 58.8 Å². The number of aromatic hydroxyl groups is 2. The van der Waals surface area contributed by atoms with E-state index >= 15 is 0 Å². The molecule has 30 heteroatoms. The average molecular weight is 1690 g/mol. The fraction of sp³-hybridized carbons (Fsp3) is 0.587. The number of methoxy groups -OCH3 is 2. The van der Waals surface area contributed by atoms with E-state index < -0.39 is 177 Å². The second kappa shape index (κ2) is 36.6. The molecule has 2 amide bonds. The van der Waals surface area contributed by atoms with Gasteiger partial charge < -0.3 is 99.6 Å². The number of likely N-dealkylation sites (tertiary alicyclic amines) is 2. The van der Waals surface area contributed by atoms with Crippen molar-refractivity contribution >= 4 is 58.3 Å². The van der Waals surface area contributed by atoms with Crippen molar-refractivity contribution in [2.75, 3.05) is 53.5 Å². The van der Waals surface area contributed by atoms with Gasteiger partial charge in [0.2, 0.25) is 11.6 Å². The number of hydrogen-bond acceptors (Lipinski definition) is 28. The number of nitrogens with zero attached hydrogens (tertiary/aromatic N) is 4. The number of piperidine rings is 2. The summed E-state index contributed by atoms with van der Waals surface area (Å²) in [5, 5.41) is 82.1. The lowest BCUT2D eigenvalue weighted by Gasteiger charge is -2.38. The number of ketones is 4. The second-order valence-corrected chi connectivity index (χ2v) is 36.0. The zero-order valence-corrected chi connectivity index (χ0v) is 74.2. The van der Waals surface area contributed by atoms with Crippen molar-refractivity contribution in [2.24, 2.45) is 69.2 Å². The van der Waals surface area contributed by atoms with Crippen LogP contribution in [0.15, 0.2) is 105 Å². The number of nitrogens with one attached hydrogen (secondary N) is 4. The van der Waals surface area contributed by atoms with E-state index in [-0.39, 0.29) is 101 Å². The summed E-state index contributed by atoms with van der Waals surface area (Å²) in [6.45, 7) is 39.0. The van der Waals surface area contributed by atoms with Gasteiger partial charge in [-0.15, -0.1) is 0 Å². The van der Waals surface area contributed by atoms with Crippen molar-refractivity contribution in [1.82, 2.24) is 31.1 Å². The minimum Gasteiger partial charge on any atom is -0.507 e. The van der Waals surface area contributed by atoms with Crippen LogP contribution in [0.4, 0.5) is 0 Å². The van der Waals surface area contributed by atoms with Crippen molar-refractivity contribution in [3.05, 3.63) is 140 Å². The Morgan fingerprint density at radius 1 is 0.492 bits per heavy atom. The number of amides is 2. The number of phenolic OH excluding ortho intramolecular Hbond substituents is 2. The minimum absolute atomic E-state index is 0.0164. The molecule has 2 aromatic carbocycles. The average Bonchev–Trinajstić information content (AvgIpc) is 1.54. The largest absolute Gasteiger partial charge is 0.507 e. The molecular weight excluding hydrogens is 1570 g/mol. The molecule has 0 saturated carbocycles. The van der Waals surface area contributed by atoms with Crippen LogP contribution in [0, 0.1) is 73.0 Å². The van der Waals surface area contributed by atoms with Crippen LogP contribution in [0.25, 0.3) is 0 Å². The number of esters is 2. The molecule has 8 aliphatic heterocycles. The number of ether oxygens (including phenoxy) is 8. The molecule has 8 heterocycles. The number of aliphatic hydroxyl groups is 4. The van der Waals surface area contributed by atoms with Crippen molar-refractivity contribution in [3.8, 4) is 23.0 Å². The zero-order valence-electron chi connectivity index (χ0n) is 74.2. The topological polar surface area (TPSA) is 411 Å². The predicted octanol–water partition coefficient (Wildman–Crippen LogP) is 9.23. The number of hydrogen-bond donors (Lipinski definition) is 10. The molecule has 18 atom stereocenters. The van der Waals surface area contributed by atoms with Crippen molar-refractivity contribution in [3.63, 3.8) is 0 Å². The number of Topliss-reactive ketones (excluding diaryl/α,β-unsaturated/α-hetero) is 4. The fourth-order valence-electron chi connectivity index (χ4n) is 18.5. The van der Waals surface area contributed by atoms with Crippen LogP contribution >= 0.6 is 0 Å². The summed E-state index contributed by atoms with van der Waals surface area (Å²) in [7, 11) is 2.93. The van der Waals surface area contributed by atoms with Gasteiger partial charge in [0.05, 0.1) is 94.2 Å². The Morgan fingerprint density at radius 2 is 0.828 bits per heavy atom. The third-order valence-electron chi connectivity index (χ3n) is 25.9. The summed E-state index contributed by atoms with van der Waals surface area (Å²) in [4.78, 5) is 127. The van der Waals surface area contributed by atoms with Gasteiger partial charge in [-0.05, 0) is 51.7 Å². The molecule has 2 fully saturated rings. The summed E-state index contributed by atoms with van der Waals surface area (Å²) in [6.07, 6.45) is 10.1. The van der Waals surface area contributed by atoms with Gasteiger partial charge in [0.15, 0.2) is 0 Å². The molecule has 2 saturated heterocycles. The van der Waals surface area contributed by atoms with Gasteiger partial charge in [-0.2, -0.15) is 0 Å². The lowest BCUT2D eigenvalue weighted by atomic mass is 9.78. The zero-order chi connectivity index (χ0) is 89.8. The highest BCUT2D eigenvalue weighted by atomic mass is 16.7. The van der Waals surface area contributed by atoms with E-state index in [9.17, 15) is 69.0 Å². The first-order valence-corrected chi connectivity index (χ1v) is 42.5. The molecule has 10 N–H and O–H groups in total. The first kappa shape index (κ1) is 93.0. The lowest BCUT2D eigenvalue weighted by molar-refractivity contribution is -0.161. The molecule has 0 aromatic heterocycles. The molecule has 2 aromatic rings. The Kier molecular flexibility index (Phi) is 27.9. The summed E-state index contributed by atoms with van der Waals surface area (Å²) >= 11 is 0. The Balaban J connectivity index is 0.000000238. The number of carbonyl (C=O) groups excluding carboxylic acids is 8. The molecule has 12 rings (SSSR count). The van der Waals surface area contributed by atoms with Crippen LogP contribution in [0.5, 0.6) is 23.0 Å². The molecule has 664 valence electrons. The van der Waals surface area contributed by atoms with Gasteiger partial charge in [-0.3, -0.25) is 48.3 Å². The summed E-state index contributed by atoms with van der Waals surface area (Å²) in [5.74, 6) is -13.6. The Bertz CT molecular complexity index is 4520. The molecule has 10 aliphatic rings. The second-order valence-electron chi connectivity index (χ2n) is 36.0. The van der Waals surface area contributed by atoms with Crippen LogP contribution in [-0.2, 0) is 47.6 Å². The Hall–Kier alpha value is -9.66. The molecule has 0 radical (unpaired) electrons. The van der Waals surface area contributed by atoms with Crippen LogP contribution in [0.2, 0.25) is 0 Å². The highest BCUT2D eigenvalue weighted by Crippen LogP contribution is 2.53. The number of fused-ring (bicyclic) bond motifs is 6. The summed E-state index contributed by atoms with van der Waals surface area (Å²) < 4.78 is 47.9. The molecule has 10 bridgehead atoms. The molecule has 30 nitrogen and oxygen atoms in total. The molecule has 2 aliphatic carbocycles. The summed E-state index contributed by atoms with van der Waals surface area (Å²) in [5.41, 5.74) is -0.383. The smallest absolute Gasteiger partial charge is 0.312 e. The maximum atomic E-state index is 14.7. The fourth-order valence-corrected chi connectivity index (χ4v) is 18.5. The van der Waals surface area contributed by atoms with E-state index in [4.69, 9.17) is 47.9 Å². The van der Waals surface area contributed by atoms with Gasteiger partial charge >= 0.3 is 23.5 Å². The van der Waals surface area contributed by atoms with E-state index in [1.807, 2.05) is 0 Å². The van der Waals surface area contributed by atoms with Crippen LogP contribution in [-0.4, -0.2) is 224 Å². The highest BCUT2D eigenvalue weighted by Gasteiger charge is 2.58. The Labute approximate surface area is 714 Å². The number of benzene rings is 2. The number of allylic oxidation sites excluding steroid dienone is 8. The number of rotatable bonds is 8. The third-order valence-corrected chi connectivity index (χ3v) is 25.9. The van der Waals surface area contributed by atoms with Crippen LogP contribution in [0.3, 0.4) is 0 Å². The highest BCUT2D eigenvalue weighted by molar-refractivity contribution is 6.36. The first-order chi connectivity index (χ1) is 57.3. The van der Waals surface area contributed by atoms with E-state index in [1.165, 1.54) is 68.3 Å². The quantitative estimate of drug-likeness (QED) is 0.110. The first-order valence-electron chi connectivity index (χ1n) is 42.5. The SMILES string of the molecule is CO[C@@H]1/C=C\O[C@@]2(C)Oc3c(C)c(O)c4c(c3C2=O)C2=NC3(CCN(CC(C)C)CC3)NC2=C(NC(=O)/C(C)=C\C=C/[C@@H](C)[C@@H](O)[C@H](C)[C@H](O)[C@H](C)[C@H](OC(C)=O)[C@@H]1C)C4=O.CO[C@@H]1/C=C\O[C@@]2(C)Oc3c(C)c(O)c4c(c3C2=O)C2=NC3(CCN(CC(C)C)CC3)NC2=C(NC(=O)/C(C)=C\C=C/[C@@H](C)[C@@H](O)[C@H](C)[C@H](O)[C@H](C)[C@H](OC(C)=O)[C@@H]1C)C4=O. The van der Waals surface area contributed by atoms with Gasteiger partial charge in [0.1, 0.15) is 57.9 Å².